The van der Waals surface area contributed by atoms with Crippen LogP contribution < -0.4 is 5.32 Å². The van der Waals surface area contributed by atoms with E-state index in [1.165, 1.54) is 4.31 Å². The van der Waals surface area contributed by atoms with Crippen LogP contribution in [0.4, 0.5) is 5.69 Å². The van der Waals surface area contributed by atoms with Gasteiger partial charge in [-0.3, -0.25) is 4.79 Å². The van der Waals surface area contributed by atoms with Gasteiger partial charge in [0.2, 0.25) is 15.9 Å². The minimum atomic E-state index is -3.67. The molecule has 0 aromatic heterocycles. The van der Waals surface area contributed by atoms with Crippen molar-refractivity contribution in [2.24, 2.45) is 5.92 Å². The molecule has 1 heterocycles. The Morgan fingerprint density at radius 1 is 0.844 bits per heavy atom. The maximum atomic E-state index is 13.3. The summed E-state index contributed by atoms with van der Waals surface area (Å²) >= 11 is 0. The molecule has 0 radical (unpaired) electrons. The van der Waals surface area contributed by atoms with Crippen LogP contribution in [0.2, 0.25) is 0 Å². The third kappa shape index (κ3) is 3.87. The number of hydrogen-bond donors (Lipinski definition) is 1. The molecule has 0 spiro atoms. The summed E-state index contributed by atoms with van der Waals surface area (Å²) in [5.41, 5.74) is 0.752. The number of nitrogens with one attached hydrogen (secondary N) is 1. The zero-order valence-electron chi connectivity index (χ0n) is 17.6. The highest BCUT2D eigenvalue weighted by Crippen LogP contribution is 2.28. The van der Waals surface area contributed by atoms with Gasteiger partial charge in [0.15, 0.2) is 0 Å². The van der Waals surface area contributed by atoms with Crippen molar-refractivity contribution in [2.75, 3.05) is 18.4 Å². The Labute approximate surface area is 187 Å². The summed E-state index contributed by atoms with van der Waals surface area (Å²) in [5, 5.41) is 6.94. The van der Waals surface area contributed by atoms with Crippen molar-refractivity contribution in [3.63, 3.8) is 0 Å². The molecule has 0 bridgehead atoms. The number of sulfonamides is 1. The van der Waals surface area contributed by atoms with Gasteiger partial charge in [-0.15, -0.1) is 0 Å². The van der Waals surface area contributed by atoms with E-state index >= 15 is 0 Å². The number of amides is 1. The first-order valence-corrected chi connectivity index (χ1v) is 12.2. The van der Waals surface area contributed by atoms with Crippen LogP contribution in [0.25, 0.3) is 21.5 Å². The number of nitrogens with zero attached hydrogens (tertiary/aromatic N) is 1. The molecule has 4 aromatic carbocycles. The number of piperidine rings is 1. The molecule has 4 aromatic rings. The monoisotopic (exact) mass is 444 g/mol. The molecule has 1 atom stereocenters. The molecule has 5 rings (SSSR count). The third-order valence-electron chi connectivity index (χ3n) is 6.16. The van der Waals surface area contributed by atoms with Crippen LogP contribution in [0, 0.1) is 5.92 Å². The van der Waals surface area contributed by atoms with Crippen LogP contribution in [0.15, 0.2) is 89.8 Å². The van der Waals surface area contributed by atoms with Gasteiger partial charge >= 0.3 is 0 Å². The van der Waals surface area contributed by atoms with Crippen molar-refractivity contribution < 1.29 is 13.2 Å². The van der Waals surface area contributed by atoms with Crippen LogP contribution in [0.3, 0.4) is 0 Å². The standard InChI is InChI=1S/C26H24N2O3S/c29-26(27-25-13-5-10-20-8-3-4-12-24(20)25)22-11-6-16-28(18-22)32(30,31)23-15-14-19-7-1-2-9-21(19)17-23/h1-5,7-10,12-15,17,22H,6,11,16,18H2,(H,27,29)/t22-/m0/s1. The van der Waals surface area contributed by atoms with E-state index in [1.807, 2.05) is 72.8 Å². The summed E-state index contributed by atoms with van der Waals surface area (Å²) in [6.45, 7) is 0.610. The smallest absolute Gasteiger partial charge is 0.243 e. The molecule has 5 nitrogen and oxygen atoms in total. The summed E-state index contributed by atoms with van der Waals surface area (Å²) in [7, 11) is -3.67. The Morgan fingerprint density at radius 2 is 1.56 bits per heavy atom. The van der Waals surface area contributed by atoms with Gasteiger partial charge in [0.1, 0.15) is 0 Å². The van der Waals surface area contributed by atoms with Gasteiger partial charge in [0.25, 0.3) is 0 Å². The van der Waals surface area contributed by atoms with E-state index in [1.54, 1.807) is 12.1 Å². The minimum absolute atomic E-state index is 0.139. The van der Waals surface area contributed by atoms with Crippen molar-refractivity contribution in [3.05, 3.63) is 84.9 Å². The predicted molar refractivity (Wildman–Crippen MR) is 128 cm³/mol. The summed E-state index contributed by atoms with van der Waals surface area (Å²) in [5.74, 6) is -0.530. The molecule has 1 aliphatic heterocycles. The maximum Gasteiger partial charge on any atom is 0.243 e. The molecule has 1 aliphatic rings. The van der Waals surface area contributed by atoms with E-state index in [2.05, 4.69) is 5.32 Å². The lowest BCUT2D eigenvalue weighted by atomic mass is 9.98. The SMILES string of the molecule is O=C(Nc1cccc2ccccc12)[C@H]1CCCN(S(=O)(=O)c2ccc3ccccc3c2)C1. The first kappa shape index (κ1) is 20.7. The van der Waals surface area contributed by atoms with Crippen molar-refractivity contribution in [1.82, 2.24) is 4.31 Å². The fourth-order valence-corrected chi connectivity index (χ4v) is 5.98. The van der Waals surface area contributed by atoms with E-state index in [9.17, 15) is 13.2 Å². The van der Waals surface area contributed by atoms with Crippen molar-refractivity contribution >= 4 is 43.2 Å². The van der Waals surface area contributed by atoms with Gasteiger partial charge < -0.3 is 5.32 Å². The van der Waals surface area contributed by atoms with E-state index in [-0.39, 0.29) is 17.3 Å². The topological polar surface area (TPSA) is 66.5 Å². The Balaban J connectivity index is 1.36. The molecule has 0 unspecified atom stereocenters. The normalized spacial score (nSPS) is 17.4. The second-order valence-corrected chi connectivity index (χ2v) is 10.2. The maximum absolute atomic E-state index is 13.3. The van der Waals surface area contributed by atoms with Crippen LogP contribution >= 0.6 is 0 Å². The van der Waals surface area contributed by atoms with Crippen molar-refractivity contribution in [3.8, 4) is 0 Å². The minimum Gasteiger partial charge on any atom is -0.325 e. The highest BCUT2D eigenvalue weighted by atomic mass is 32.2. The predicted octanol–water partition coefficient (Wildman–Crippen LogP) is 5.03. The second kappa shape index (κ2) is 8.37. The summed E-state index contributed by atoms with van der Waals surface area (Å²) in [4.78, 5) is 13.3. The van der Waals surface area contributed by atoms with E-state index in [0.717, 1.165) is 27.2 Å². The van der Waals surface area contributed by atoms with Crippen molar-refractivity contribution in [2.45, 2.75) is 17.7 Å². The first-order valence-electron chi connectivity index (χ1n) is 10.8. The number of rotatable bonds is 4. The van der Waals surface area contributed by atoms with Gasteiger partial charge in [0, 0.05) is 24.2 Å². The second-order valence-electron chi connectivity index (χ2n) is 8.23. The number of hydrogen-bond acceptors (Lipinski definition) is 3. The largest absolute Gasteiger partial charge is 0.325 e. The van der Waals surface area contributed by atoms with Crippen LogP contribution in [-0.2, 0) is 14.8 Å². The molecule has 32 heavy (non-hydrogen) atoms. The average Bonchev–Trinajstić information content (AvgIpc) is 2.84. The molecular formula is C26H24N2O3S. The molecule has 162 valence electrons. The van der Waals surface area contributed by atoms with Crippen LogP contribution in [-0.4, -0.2) is 31.7 Å². The lowest BCUT2D eigenvalue weighted by Crippen LogP contribution is -2.43. The fourth-order valence-electron chi connectivity index (χ4n) is 4.42. The number of fused-ring (bicyclic) bond motifs is 2. The van der Waals surface area contributed by atoms with Gasteiger partial charge in [-0.2, -0.15) is 4.31 Å². The van der Waals surface area contributed by atoms with Crippen LogP contribution in [0.5, 0.6) is 0 Å². The zero-order valence-corrected chi connectivity index (χ0v) is 18.4. The molecule has 1 fully saturated rings. The Bertz CT molecular complexity index is 1410. The third-order valence-corrected chi connectivity index (χ3v) is 8.02. The van der Waals surface area contributed by atoms with E-state index < -0.39 is 15.9 Å². The number of anilines is 1. The van der Waals surface area contributed by atoms with Gasteiger partial charge in [-0.05, 0) is 47.2 Å². The van der Waals surface area contributed by atoms with Gasteiger partial charge in [-0.1, -0.05) is 66.7 Å². The Morgan fingerprint density at radius 3 is 2.41 bits per heavy atom. The lowest BCUT2D eigenvalue weighted by Gasteiger charge is -2.31. The molecule has 0 saturated carbocycles. The van der Waals surface area contributed by atoms with Crippen LogP contribution in [0.1, 0.15) is 12.8 Å². The summed E-state index contributed by atoms with van der Waals surface area (Å²) < 4.78 is 28.1. The number of benzene rings is 4. The molecule has 0 aliphatic carbocycles. The first-order chi connectivity index (χ1) is 15.5. The Hall–Kier alpha value is -3.22. The summed E-state index contributed by atoms with van der Waals surface area (Å²) in [6.07, 6.45) is 1.32. The molecule has 1 saturated heterocycles. The molecular weight excluding hydrogens is 420 g/mol. The van der Waals surface area contributed by atoms with Crippen molar-refractivity contribution in [1.29, 1.82) is 0 Å². The molecule has 1 amide bonds. The zero-order chi connectivity index (χ0) is 22.1. The number of carbonyl (C=O) groups is 1. The summed E-state index contributed by atoms with van der Waals surface area (Å²) in [6, 6.07) is 26.6. The Kier molecular flexibility index (Phi) is 5.41. The van der Waals surface area contributed by atoms with E-state index in [4.69, 9.17) is 0 Å². The molecule has 1 N–H and O–H groups in total. The molecule has 6 heteroatoms. The number of carbonyl (C=O) groups excluding carboxylic acids is 1. The van der Waals surface area contributed by atoms with Gasteiger partial charge in [-0.25, -0.2) is 8.42 Å². The average molecular weight is 445 g/mol. The highest BCUT2D eigenvalue weighted by Gasteiger charge is 2.33. The fraction of sp³-hybridized carbons (Fsp3) is 0.192. The quantitative estimate of drug-likeness (QED) is 0.480. The van der Waals surface area contributed by atoms with E-state index in [0.29, 0.717) is 19.4 Å². The highest BCUT2D eigenvalue weighted by molar-refractivity contribution is 7.89. The lowest BCUT2D eigenvalue weighted by molar-refractivity contribution is -0.120. The van der Waals surface area contributed by atoms with Gasteiger partial charge in [0.05, 0.1) is 10.8 Å².